The van der Waals surface area contributed by atoms with Gasteiger partial charge in [0.1, 0.15) is 6.10 Å². The molecule has 0 saturated carbocycles. The molecule has 1 aromatic rings. The summed E-state index contributed by atoms with van der Waals surface area (Å²) in [7, 11) is 1.62. The van der Waals surface area contributed by atoms with Crippen LogP contribution in [0.4, 0.5) is 0 Å². The first-order chi connectivity index (χ1) is 11.6. The van der Waals surface area contributed by atoms with E-state index in [1.54, 1.807) is 7.11 Å². The molecule has 1 aliphatic rings. The maximum Gasteiger partial charge on any atom is 0.220 e. The third-order valence-corrected chi connectivity index (χ3v) is 4.63. The Bertz CT molecular complexity index is 521. The zero-order chi connectivity index (χ0) is 17.4. The molecule has 142 valence electrons. The first kappa shape index (κ1) is 21.6. The molecule has 6 heteroatoms. The zero-order valence-corrected chi connectivity index (χ0v) is 16.2. The van der Waals surface area contributed by atoms with Gasteiger partial charge in [-0.25, -0.2) is 0 Å². The third kappa shape index (κ3) is 7.12. The molecular weight excluding hydrogens is 340 g/mol. The topological polar surface area (TPSA) is 59.6 Å². The Morgan fingerprint density at radius 3 is 2.68 bits per heavy atom. The van der Waals surface area contributed by atoms with Gasteiger partial charge in [0.25, 0.3) is 0 Å². The predicted molar refractivity (Wildman–Crippen MR) is 103 cm³/mol. The van der Waals surface area contributed by atoms with E-state index in [0.717, 1.165) is 13.1 Å². The number of amides is 1. The second-order valence-corrected chi connectivity index (χ2v) is 6.67. The molecule has 1 fully saturated rings. The molecule has 0 aliphatic carbocycles. The number of halogens is 1. The molecule has 1 amide bonds. The van der Waals surface area contributed by atoms with Crippen LogP contribution >= 0.6 is 12.4 Å². The number of para-hydroxylation sites is 2. The summed E-state index contributed by atoms with van der Waals surface area (Å²) in [5.74, 6) is 2.51. The van der Waals surface area contributed by atoms with E-state index in [0.29, 0.717) is 36.3 Å². The highest BCUT2D eigenvalue weighted by Crippen LogP contribution is 2.26. The van der Waals surface area contributed by atoms with Crippen molar-refractivity contribution in [1.82, 2.24) is 10.6 Å². The Morgan fingerprint density at radius 1 is 1.32 bits per heavy atom. The molecule has 2 rings (SSSR count). The van der Waals surface area contributed by atoms with Crippen molar-refractivity contribution in [1.29, 1.82) is 0 Å². The van der Waals surface area contributed by atoms with Crippen LogP contribution in [0.15, 0.2) is 24.3 Å². The lowest BCUT2D eigenvalue weighted by Crippen LogP contribution is -2.37. The molecule has 1 aliphatic heterocycles. The van der Waals surface area contributed by atoms with E-state index in [4.69, 9.17) is 9.47 Å². The highest BCUT2D eigenvalue weighted by Gasteiger charge is 2.22. The summed E-state index contributed by atoms with van der Waals surface area (Å²) in [5.41, 5.74) is 0. The van der Waals surface area contributed by atoms with Gasteiger partial charge in [-0.15, -0.1) is 12.4 Å². The minimum Gasteiger partial charge on any atom is -0.493 e. The molecule has 0 bridgehead atoms. The van der Waals surface area contributed by atoms with Crippen LogP contribution in [0.2, 0.25) is 0 Å². The summed E-state index contributed by atoms with van der Waals surface area (Å²) < 4.78 is 11.1. The number of nitrogens with one attached hydrogen (secondary N) is 2. The second kappa shape index (κ2) is 11.2. The van der Waals surface area contributed by atoms with Crippen molar-refractivity contribution in [3.8, 4) is 11.5 Å². The van der Waals surface area contributed by atoms with Crippen molar-refractivity contribution in [2.45, 2.75) is 39.2 Å². The number of piperidine rings is 1. The van der Waals surface area contributed by atoms with Crippen molar-refractivity contribution < 1.29 is 14.3 Å². The van der Waals surface area contributed by atoms with Crippen molar-refractivity contribution in [3.05, 3.63) is 24.3 Å². The average Bonchev–Trinajstić information content (AvgIpc) is 2.61. The number of hydrogen-bond acceptors (Lipinski definition) is 4. The maximum absolute atomic E-state index is 12.2. The molecule has 0 aromatic heterocycles. The minimum atomic E-state index is -0.114. The van der Waals surface area contributed by atoms with Gasteiger partial charge in [-0.1, -0.05) is 19.1 Å². The van der Waals surface area contributed by atoms with Gasteiger partial charge in [-0.2, -0.15) is 0 Å². The van der Waals surface area contributed by atoms with E-state index < -0.39 is 0 Å². The highest BCUT2D eigenvalue weighted by atomic mass is 35.5. The van der Waals surface area contributed by atoms with Crippen LogP contribution < -0.4 is 20.1 Å². The fraction of sp³-hybridized carbons (Fsp3) is 0.632. The zero-order valence-electron chi connectivity index (χ0n) is 15.4. The van der Waals surface area contributed by atoms with Crippen LogP contribution in [-0.4, -0.2) is 38.8 Å². The van der Waals surface area contributed by atoms with Crippen LogP contribution in [-0.2, 0) is 4.79 Å². The third-order valence-electron chi connectivity index (χ3n) is 4.63. The van der Waals surface area contributed by atoms with Crippen molar-refractivity contribution in [2.75, 3.05) is 26.7 Å². The number of rotatable bonds is 8. The monoisotopic (exact) mass is 370 g/mol. The van der Waals surface area contributed by atoms with E-state index in [1.165, 1.54) is 12.8 Å². The first-order valence-corrected chi connectivity index (χ1v) is 8.87. The lowest BCUT2D eigenvalue weighted by Gasteiger charge is -2.28. The largest absolute Gasteiger partial charge is 0.493 e. The van der Waals surface area contributed by atoms with Gasteiger partial charge in [0.15, 0.2) is 11.5 Å². The van der Waals surface area contributed by atoms with E-state index >= 15 is 0 Å². The molecule has 1 aromatic carbocycles. The average molecular weight is 371 g/mol. The van der Waals surface area contributed by atoms with Gasteiger partial charge in [-0.3, -0.25) is 4.79 Å². The first-order valence-electron chi connectivity index (χ1n) is 8.87. The summed E-state index contributed by atoms with van der Waals surface area (Å²) in [6.45, 7) is 6.74. The standard InChI is InChI=1S/C19H30N2O3.ClH/c1-14(16-7-6-10-20-13-16)11-19(22)21-12-15(2)24-18-9-5-4-8-17(18)23-3;/h4-5,8-9,14-16,20H,6-7,10-13H2,1-3H3,(H,21,22);1H. The van der Waals surface area contributed by atoms with Crippen molar-refractivity contribution in [3.63, 3.8) is 0 Å². The molecule has 1 heterocycles. The van der Waals surface area contributed by atoms with Crippen LogP contribution in [0, 0.1) is 11.8 Å². The van der Waals surface area contributed by atoms with E-state index in [9.17, 15) is 4.79 Å². The van der Waals surface area contributed by atoms with Crippen molar-refractivity contribution in [2.24, 2.45) is 11.8 Å². The number of benzene rings is 1. The van der Waals surface area contributed by atoms with Crippen molar-refractivity contribution >= 4 is 18.3 Å². The number of carbonyl (C=O) groups excluding carboxylic acids is 1. The molecular formula is C19H31ClN2O3. The predicted octanol–water partition coefficient (Wildman–Crippen LogP) is 3.03. The van der Waals surface area contributed by atoms with Crippen LogP contribution in [0.3, 0.4) is 0 Å². The minimum absolute atomic E-state index is 0. The quantitative estimate of drug-likeness (QED) is 0.738. The molecule has 1 saturated heterocycles. The maximum atomic E-state index is 12.2. The summed E-state index contributed by atoms with van der Waals surface area (Å²) in [6, 6.07) is 7.54. The Kier molecular flexibility index (Phi) is 9.68. The Balaban J connectivity index is 0.00000312. The summed E-state index contributed by atoms with van der Waals surface area (Å²) in [6.07, 6.45) is 2.89. The molecule has 25 heavy (non-hydrogen) atoms. The molecule has 0 spiro atoms. The van der Waals surface area contributed by atoms with Crippen LogP contribution in [0.1, 0.15) is 33.1 Å². The molecule has 5 nitrogen and oxygen atoms in total. The summed E-state index contributed by atoms with van der Waals surface area (Å²) in [4.78, 5) is 12.2. The van der Waals surface area contributed by atoms with Gasteiger partial charge >= 0.3 is 0 Å². The summed E-state index contributed by atoms with van der Waals surface area (Å²) >= 11 is 0. The Morgan fingerprint density at radius 2 is 2.04 bits per heavy atom. The lowest BCUT2D eigenvalue weighted by molar-refractivity contribution is -0.122. The number of hydrogen-bond donors (Lipinski definition) is 2. The van der Waals surface area contributed by atoms with E-state index in [2.05, 4.69) is 17.6 Å². The van der Waals surface area contributed by atoms with Gasteiger partial charge < -0.3 is 20.1 Å². The smallest absolute Gasteiger partial charge is 0.220 e. The SMILES string of the molecule is COc1ccccc1OC(C)CNC(=O)CC(C)C1CCCNC1.Cl. The molecule has 2 N–H and O–H groups in total. The molecule has 3 atom stereocenters. The fourth-order valence-corrected chi connectivity index (χ4v) is 3.13. The highest BCUT2D eigenvalue weighted by molar-refractivity contribution is 5.85. The number of methoxy groups -OCH3 is 1. The Labute approximate surface area is 157 Å². The fourth-order valence-electron chi connectivity index (χ4n) is 3.13. The van der Waals surface area contributed by atoms with Crippen LogP contribution in [0.25, 0.3) is 0 Å². The van der Waals surface area contributed by atoms with E-state index in [-0.39, 0.29) is 24.4 Å². The number of ether oxygens (including phenoxy) is 2. The van der Waals surface area contributed by atoms with Gasteiger partial charge in [0.05, 0.1) is 13.7 Å². The normalized spacial score (nSPS) is 19.2. The van der Waals surface area contributed by atoms with Gasteiger partial charge in [0.2, 0.25) is 5.91 Å². The summed E-state index contributed by atoms with van der Waals surface area (Å²) in [5, 5.41) is 6.40. The number of carbonyl (C=O) groups is 1. The molecule has 0 radical (unpaired) electrons. The van der Waals surface area contributed by atoms with E-state index in [1.807, 2.05) is 31.2 Å². The van der Waals surface area contributed by atoms with Gasteiger partial charge in [-0.05, 0) is 56.8 Å². The van der Waals surface area contributed by atoms with Gasteiger partial charge in [0, 0.05) is 6.42 Å². The lowest BCUT2D eigenvalue weighted by atomic mass is 9.85. The molecule has 3 unspecified atom stereocenters. The van der Waals surface area contributed by atoms with Crippen LogP contribution in [0.5, 0.6) is 11.5 Å². The Hall–Kier alpha value is -1.46. The second-order valence-electron chi connectivity index (χ2n) is 6.67.